The van der Waals surface area contributed by atoms with Crippen molar-refractivity contribution in [2.75, 3.05) is 5.32 Å². The van der Waals surface area contributed by atoms with Crippen molar-refractivity contribution < 1.29 is 9.72 Å². The van der Waals surface area contributed by atoms with Crippen LogP contribution in [-0.4, -0.2) is 21.0 Å². The minimum atomic E-state index is -0.588. The second-order valence-electron chi connectivity index (χ2n) is 5.35. The van der Waals surface area contributed by atoms with Crippen molar-refractivity contribution in [1.82, 2.24) is 10.2 Å². The number of carbonyl (C=O) groups excluding carboxylic acids is 1. The smallest absolute Gasteiger partial charge is 0.270 e. The zero-order valence-corrected chi connectivity index (χ0v) is 16.3. The van der Waals surface area contributed by atoms with E-state index in [0.717, 1.165) is 11.6 Å². The maximum absolute atomic E-state index is 12.3. The summed E-state index contributed by atoms with van der Waals surface area (Å²) in [5, 5.41) is 30.3. The number of hydrogen-bond acceptors (Lipinski definition) is 8. The summed E-state index contributed by atoms with van der Waals surface area (Å²) in [7, 11) is 0. The number of aromatic nitrogens is 2. The van der Waals surface area contributed by atoms with Crippen LogP contribution in [0.15, 0.2) is 46.8 Å². The largest absolute Gasteiger partial charge is 0.296 e. The molecule has 0 atom stereocenters. The third kappa shape index (κ3) is 4.83. The summed E-state index contributed by atoms with van der Waals surface area (Å²) in [6.07, 6.45) is 0. The number of nitro benzene ring substituents is 1. The molecule has 1 aromatic heterocycles. The SMILES string of the molecule is N#Cc1ccc(CSc2nnc(NC(=O)c3ccc([N+](=O)[O-])cc3Cl)s2)cc1. The molecule has 0 saturated heterocycles. The Morgan fingerprint density at radius 1 is 1.29 bits per heavy atom. The van der Waals surface area contributed by atoms with Gasteiger partial charge in [0.1, 0.15) is 0 Å². The summed E-state index contributed by atoms with van der Waals surface area (Å²) < 4.78 is 0.662. The molecule has 0 unspecified atom stereocenters. The molecule has 28 heavy (non-hydrogen) atoms. The van der Waals surface area contributed by atoms with Crippen molar-refractivity contribution in [3.63, 3.8) is 0 Å². The Balaban J connectivity index is 1.61. The van der Waals surface area contributed by atoms with Crippen LogP contribution in [-0.2, 0) is 5.75 Å². The number of nitrogens with one attached hydrogen (secondary N) is 1. The lowest BCUT2D eigenvalue weighted by atomic mass is 10.2. The molecule has 0 saturated carbocycles. The lowest BCUT2D eigenvalue weighted by Gasteiger charge is -2.03. The highest BCUT2D eigenvalue weighted by atomic mass is 35.5. The van der Waals surface area contributed by atoms with Crippen molar-refractivity contribution in [3.05, 3.63) is 74.3 Å². The lowest BCUT2D eigenvalue weighted by molar-refractivity contribution is -0.384. The molecule has 0 radical (unpaired) electrons. The maximum atomic E-state index is 12.3. The van der Waals surface area contributed by atoms with Crippen molar-refractivity contribution in [2.24, 2.45) is 0 Å². The van der Waals surface area contributed by atoms with E-state index in [-0.39, 0.29) is 16.3 Å². The minimum Gasteiger partial charge on any atom is -0.296 e. The van der Waals surface area contributed by atoms with Crippen molar-refractivity contribution in [1.29, 1.82) is 5.26 Å². The van der Waals surface area contributed by atoms with E-state index in [4.69, 9.17) is 16.9 Å². The van der Waals surface area contributed by atoms with Gasteiger partial charge in [-0.15, -0.1) is 10.2 Å². The number of anilines is 1. The standard InChI is InChI=1S/C17H10ClN5O3S2/c18-14-7-12(23(25)26)5-6-13(14)15(24)20-16-21-22-17(28-16)27-9-11-3-1-10(8-19)2-4-11/h1-7H,9H2,(H,20,21,24). The molecule has 1 amide bonds. The predicted molar refractivity (Wildman–Crippen MR) is 107 cm³/mol. The fourth-order valence-corrected chi connectivity index (χ4v) is 4.07. The molecule has 8 nitrogen and oxygen atoms in total. The van der Waals surface area contributed by atoms with Gasteiger partial charge in [0, 0.05) is 17.9 Å². The van der Waals surface area contributed by atoms with Crippen LogP contribution in [0, 0.1) is 21.4 Å². The molecule has 1 N–H and O–H groups in total. The Bertz CT molecular complexity index is 1080. The first kappa shape index (κ1) is 19.8. The summed E-state index contributed by atoms with van der Waals surface area (Å²) in [4.78, 5) is 22.5. The third-order valence-corrected chi connectivity index (χ3v) is 5.84. The molecule has 0 spiro atoms. The average Bonchev–Trinajstić information content (AvgIpc) is 3.13. The Labute approximate surface area is 172 Å². The fourth-order valence-electron chi connectivity index (χ4n) is 2.11. The zero-order chi connectivity index (χ0) is 20.1. The van der Waals surface area contributed by atoms with Gasteiger partial charge in [-0.2, -0.15) is 5.26 Å². The summed E-state index contributed by atoms with van der Waals surface area (Å²) >= 11 is 8.61. The van der Waals surface area contributed by atoms with Gasteiger partial charge in [-0.05, 0) is 23.8 Å². The number of benzene rings is 2. The van der Waals surface area contributed by atoms with Gasteiger partial charge < -0.3 is 0 Å². The molecular weight excluding hydrogens is 422 g/mol. The summed E-state index contributed by atoms with van der Waals surface area (Å²) in [6, 6.07) is 12.9. The van der Waals surface area contributed by atoms with E-state index in [1.54, 1.807) is 12.1 Å². The first-order valence-electron chi connectivity index (χ1n) is 7.67. The van der Waals surface area contributed by atoms with Gasteiger partial charge in [0.15, 0.2) is 4.34 Å². The van der Waals surface area contributed by atoms with Crippen LogP contribution in [0.25, 0.3) is 0 Å². The normalized spacial score (nSPS) is 10.3. The minimum absolute atomic E-state index is 0.0216. The highest BCUT2D eigenvalue weighted by Gasteiger charge is 2.16. The third-order valence-electron chi connectivity index (χ3n) is 3.48. The topological polar surface area (TPSA) is 122 Å². The van der Waals surface area contributed by atoms with E-state index < -0.39 is 10.8 Å². The van der Waals surface area contributed by atoms with Gasteiger partial charge in [0.25, 0.3) is 11.6 Å². The van der Waals surface area contributed by atoms with Gasteiger partial charge in [-0.25, -0.2) is 0 Å². The molecule has 0 aliphatic rings. The summed E-state index contributed by atoms with van der Waals surface area (Å²) in [5.74, 6) is 0.113. The van der Waals surface area contributed by atoms with Crippen molar-refractivity contribution in [2.45, 2.75) is 10.1 Å². The highest BCUT2D eigenvalue weighted by molar-refractivity contribution is 8.00. The number of halogens is 1. The van der Waals surface area contributed by atoms with Crippen LogP contribution in [0.3, 0.4) is 0 Å². The van der Waals surface area contributed by atoms with Crippen LogP contribution in [0.1, 0.15) is 21.5 Å². The Morgan fingerprint density at radius 2 is 2.04 bits per heavy atom. The molecule has 140 valence electrons. The van der Waals surface area contributed by atoms with E-state index >= 15 is 0 Å². The quantitative estimate of drug-likeness (QED) is 0.263. The number of nitro groups is 1. The summed E-state index contributed by atoms with van der Waals surface area (Å²) in [6.45, 7) is 0. The lowest BCUT2D eigenvalue weighted by Crippen LogP contribution is -2.12. The number of nitrogens with zero attached hydrogens (tertiary/aromatic N) is 4. The molecule has 11 heteroatoms. The van der Waals surface area contributed by atoms with Gasteiger partial charge in [0.05, 0.1) is 27.1 Å². The molecule has 2 aromatic carbocycles. The number of hydrogen-bond donors (Lipinski definition) is 1. The van der Waals surface area contributed by atoms with Gasteiger partial charge in [0.2, 0.25) is 5.13 Å². The van der Waals surface area contributed by atoms with Crippen LogP contribution in [0.4, 0.5) is 10.8 Å². The number of amides is 1. The number of rotatable bonds is 6. The molecule has 0 bridgehead atoms. The zero-order valence-electron chi connectivity index (χ0n) is 14.0. The van der Waals surface area contributed by atoms with Crippen molar-refractivity contribution in [3.8, 4) is 6.07 Å². The van der Waals surface area contributed by atoms with Crippen LogP contribution < -0.4 is 5.32 Å². The molecule has 1 heterocycles. The average molecular weight is 432 g/mol. The van der Waals surface area contributed by atoms with E-state index in [0.29, 0.717) is 20.8 Å². The van der Waals surface area contributed by atoms with Gasteiger partial charge in [-0.3, -0.25) is 20.2 Å². The Morgan fingerprint density at radius 3 is 2.68 bits per heavy atom. The van der Waals surface area contributed by atoms with Crippen LogP contribution in [0.5, 0.6) is 0 Å². The first-order chi connectivity index (χ1) is 13.5. The van der Waals surface area contributed by atoms with Gasteiger partial charge >= 0.3 is 0 Å². The Kier molecular flexibility index (Phi) is 6.20. The van der Waals surface area contributed by atoms with Gasteiger partial charge in [-0.1, -0.05) is 46.8 Å². The summed E-state index contributed by atoms with van der Waals surface area (Å²) in [5.41, 5.74) is 1.54. The molecule has 0 aliphatic carbocycles. The highest BCUT2D eigenvalue weighted by Crippen LogP contribution is 2.29. The van der Waals surface area contributed by atoms with E-state index in [2.05, 4.69) is 21.6 Å². The number of nitriles is 1. The van der Waals surface area contributed by atoms with E-state index in [1.165, 1.54) is 35.2 Å². The molecule has 3 aromatic rings. The molecular formula is C17H10ClN5O3S2. The van der Waals surface area contributed by atoms with Crippen molar-refractivity contribution >= 4 is 51.4 Å². The number of carbonyl (C=O) groups is 1. The monoisotopic (exact) mass is 431 g/mol. The molecule has 3 rings (SSSR count). The second kappa shape index (κ2) is 8.79. The Hall–Kier alpha value is -3.00. The second-order valence-corrected chi connectivity index (χ2v) is 7.95. The number of non-ortho nitro benzene ring substituents is 1. The first-order valence-corrected chi connectivity index (χ1v) is 9.85. The molecule has 0 aliphatic heterocycles. The predicted octanol–water partition coefficient (Wildman–Crippen LogP) is 4.52. The maximum Gasteiger partial charge on any atom is 0.270 e. The van der Waals surface area contributed by atoms with Crippen LogP contribution >= 0.6 is 34.7 Å². The van der Waals surface area contributed by atoms with Crippen LogP contribution in [0.2, 0.25) is 5.02 Å². The van der Waals surface area contributed by atoms with E-state index in [1.807, 2.05) is 12.1 Å². The fraction of sp³-hybridized carbons (Fsp3) is 0.0588. The number of thioether (sulfide) groups is 1. The van der Waals surface area contributed by atoms with E-state index in [9.17, 15) is 14.9 Å². The molecule has 0 fully saturated rings.